The van der Waals surface area contributed by atoms with Crippen molar-refractivity contribution in [1.82, 2.24) is 9.88 Å². The lowest BCUT2D eigenvalue weighted by Crippen LogP contribution is -2.43. The lowest BCUT2D eigenvalue weighted by Gasteiger charge is -2.37. The minimum Gasteiger partial charge on any atom is -0.313 e. The van der Waals surface area contributed by atoms with Crippen LogP contribution >= 0.6 is 11.3 Å². The molecule has 2 aromatic carbocycles. The van der Waals surface area contributed by atoms with Gasteiger partial charge in [-0.3, -0.25) is 5.32 Å². The first-order valence-corrected chi connectivity index (χ1v) is 9.53. The van der Waals surface area contributed by atoms with Crippen LogP contribution in [-0.2, 0) is 12.6 Å². The van der Waals surface area contributed by atoms with Gasteiger partial charge in [0.05, 0.1) is 11.6 Å². The molecule has 0 unspecified atom stereocenters. The molecule has 4 nitrogen and oxygen atoms in total. The van der Waals surface area contributed by atoms with E-state index in [1.807, 2.05) is 24.3 Å². The maximum atomic E-state index is 12.9. The highest BCUT2D eigenvalue weighted by Crippen LogP contribution is 2.37. The quantitative estimate of drug-likeness (QED) is 0.628. The van der Waals surface area contributed by atoms with E-state index in [0.29, 0.717) is 23.7 Å². The van der Waals surface area contributed by atoms with Crippen LogP contribution in [0.3, 0.4) is 0 Å². The number of carbonyl (C=O) groups is 1. The van der Waals surface area contributed by atoms with E-state index < -0.39 is 17.8 Å². The third-order valence-corrected chi connectivity index (χ3v) is 5.43. The fourth-order valence-electron chi connectivity index (χ4n) is 3.45. The first-order chi connectivity index (χ1) is 13.4. The number of carbonyl (C=O) groups excluding carboxylic acids is 1. The van der Waals surface area contributed by atoms with Crippen LogP contribution in [0.5, 0.6) is 0 Å². The lowest BCUT2D eigenvalue weighted by atomic mass is 9.88. The maximum Gasteiger partial charge on any atom is 0.416 e. The summed E-state index contributed by atoms with van der Waals surface area (Å²) in [5.41, 5.74) is 1.93. The number of hydrogen-bond donors (Lipinski definition) is 1. The predicted octanol–water partition coefficient (Wildman–Crippen LogP) is 5.34. The van der Waals surface area contributed by atoms with Gasteiger partial charge in [0, 0.05) is 18.1 Å². The van der Waals surface area contributed by atoms with Crippen LogP contribution in [-0.4, -0.2) is 22.5 Å². The number of alkyl halides is 3. The van der Waals surface area contributed by atoms with Gasteiger partial charge >= 0.3 is 12.2 Å². The standard InChI is InChI=1S/C20H16F3N3OS/c21-20(22,23)15-7-5-14(6-8-15)17-16-4-2-1-3-13(16)9-11-26(17)19(27)25-18-24-10-12-28-18/h1-8,10,12,17H,9,11H2,(H,24,25,27)/t17-/m1/s1. The van der Waals surface area contributed by atoms with E-state index in [-0.39, 0.29) is 6.03 Å². The van der Waals surface area contributed by atoms with Gasteiger partial charge in [-0.15, -0.1) is 11.3 Å². The molecule has 0 spiro atoms. The molecular weight excluding hydrogens is 387 g/mol. The van der Waals surface area contributed by atoms with E-state index in [9.17, 15) is 18.0 Å². The van der Waals surface area contributed by atoms with Crippen molar-refractivity contribution in [3.8, 4) is 0 Å². The van der Waals surface area contributed by atoms with Crippen LogP contribution in [0.4, 0.5) is 23.1 Å². The SMILES string of the molecule is O=C(Nc1nccs1)N1CCc2ccccc2[C@H]1c1ccc(C(F)(F)F)cc1. The zero-order valence-corrected chi connectivity index (χ0v) is 15.4. The maximum absolute atomic E-state index is 12.9. The molecule has 1 aliphatic heterocycles. The first-order valence-electron chi connectivity index (χ1n) is 8.65. The largest absolute Gasteiger partial charge is 0.416 e. The highest BCUT2D eigenvalue weighted by Gasteiger charge is 2.34. The Morgan fingerprint density at radius 3 is 2.57 bits per heavy atom. The van der Waals surface area contributed by atoms with E-state index in [1.54, 1.807) is 16.5 Å². The summed E-state index contributed by atoms with van der Waals surface area (Å²) in [4.78, 5) is 18.6. The zero-order valence-electron chi connectivity index (χ0n) is 14.6. The Bertz CT molecular complexity index is 971. The number of anilines is 1. The van der Waals surface area contributed by atoms with Crippen LogP contribution in [0, 0.1) is 0 Å². The van der Waals surface area contributed by atoms with Crippen molar-refractivity contribution in [2.75, 3.05) is 11.9 Å². The molecule has 0 radical (unpaired) electrons. The van der Waals surface area contributed by atoms with E-state index >= 15 is 0 Å². The lowest BCUT2D eigenvalue weighted by molar-refractivity contribution is -0.137. The minimum absolute atomic E-state index is 0.325. The van der Waals surface area contributed by atoms with Crippen LogP contribution < -0.4 is 5.32 Å². The average molecular weight is 403 g/mol. The molecule has 2 heterocycles. The van der Waals surface area contributed by atoms with Crippen LogP contribution in [0.2, 0.25) is 0 Å². The number of aromatic nitrogens is 1. The Kier molecular flexibility index (Phi) is 4.80. The normalized spacial score (nSPS) is 16.5. The predicted molar refractivity (Wildman–Crippen MR) is 101 cm³/mol. The average Bonchev–Trinajstić information content (AvgIpc) is 3.19. The van der Waals surface area contributed by atoms with Crippen molar-refractivity contribution in [2.24, 2.45) is 0 Å². The Hall–Kier alpha value is -2.87. The zero-order chi connectivity index (χ0) is 19.7. The number of fused-ring (bicyclic) bond motifs is 1. The van der Waals surface area contributed by atoms with E-state index in [0.717, 1.165) is 23.3 Å². The Balaban J connectivity index is 1.71. The second kappa shape index (κ2) is 7.27. The van der Waals surface area contributed by atoms with Crippen molar-refractivity contribution in [1.29, 1.82) is 0 Å². The molecule has 8 heteroatoms. The van der Waals surface area contributed by atoms with Gasteiger partial charge in [-0.2, -0.15) is 13.2 Å². The number of urea groups is 1. The molecule has 1 aromatic heterocycles. The Morgan fingerprint density at radius 2 is 1.89 bits per heavy atom. The molecule has 2 amide bonds. The van der Waals surface area contributed by atoms with Crippen LogP contribution in [0.1, 0.15) is 28.3 Å². The first kappa shape index (κ1) is 18.5. The summed E-state index contributed by atoms with van der Waals surface area (Å²) in [5, 5.41) is 5.01. The molecule has 0 saturated heterocycles. The number of halogens is 3. The van der Waals surface area contributed by atoms with E-state index in [1.165, 1.54) is 23.5 Å². The number of nitrogens with one attached hydrogen (secondary N) is 1. The van der Waals surface area contributed by atoms with Crippen molar-refractivity contribution in [3.05, 3.63) is 82.4 Å². The van der Waals surface area contributed by atoms with Gasteiger partial charge in [0.25, 0.3) is 0 Å². The fourth-order valence-corrected chi connectivity index (χ4v) is 3.97. The van der Waals surface area contributed by atoms with Gasteiger partial charge in [-0.05, 0) is 35.2 Å². The fraction of sp³-hybridized carbons (Fsp3) is 0.200. The Labute approximate surface area is 163 Å². The van der Waals surface area contributed by atoms with Crippen LogP contribution in [0.15, 0.2) is 60.1 Å². The minimum atomic E-state index is -4.40. The molecule has 28 heavy (non-hydrogen) atoms. The second-order valence-corrected chi connectivity index (χ2v) is 7.33. The van der Waals surface area contributed by atoms with E-state index in [4.69, 9.17) is 0 Å². The van der Waals surface area contributed by atoms with E-state index in [2.05, 4.69) is 10.3 Å². The molecule has 1 aliphatic rings. The smallest absolute Gasteiger partial charge is 0.313 e. The molecule has 1 atom stereocenters. The molecule has 1 N–H and O–H groups in total. The molecule has 0 aliphatic carbocycles. The molecule has 4 rings (SSSR count). The number of hydrogen-bond acceptors (Lipinski definition) is 3. The molecule has 0 saturated carbocycles. The van der Waals surface area contributed by atoms with Crippen molar-refractivity contribution >= 4 is 22.5 Å². The number of amides is 2. The van der Waals surface area contributed by atoms with Crippen molar-refractivity contribution in [3.63, 3.8) is 0 Å². The summed E-state index contributed by atoms with van der Waals surface area (Å²) >= 11 is 1.31. The van der Waals surface area contributed by atoms with Gasteiger partial charge in [0.2, 0.25) is 0 Å². The van der Waals surface area contributed by atoms with Gasteiger partial charge in [0.1, 0.15) is 0 Å². The van der Waals surface area contributed by atoms with Crippen molar-refractivity contribution < 1.29 is 18.0 Å². The highest BCUT2D eigenvalue weighted by atomic mass is 32.1. The summed E-state index contributed by atoms with van der Waals surface area (Å²) in [7, 11) is 0. The summed E-state index contributed by atoms with van der Waals surface area (Å²) < 4.78 is 38.8. The highest BCUT2D eigenvalue weighted by molar-refractivity contribution is 7.13. The van der Waals surface area contributed by atoms with Gasteiger partial charge in [0.15, 0.2) is 5.13 Å². The summed E-state index contributed by atoms with van der Waals surface area (Å²) in [6.07, 6.45) is -2.12. The molecular formula is C20H16F3N3OS. The third-order valence-electron chi connectivity index (χ3n) is 4.74. The number of thiazole rings is 1. The van der Waals surface area contributed by atoms with Gasteiger partial charge in [-0.1, -0.05) is 36.4 Å². The van der Waals surface area contributed by atoms with Crippen molar-refractivity contribution in [2.45, 2.75) is 18.6 Å². The number of benzene rings is 2. The molecule has 0 fully saturated rings. The Morgan fingerprint density at radius 1 is 1.14 bits per heavy atom. The monoisotopic (exact) mass is 403 g/mol. The number of nitrogens with zero attached hydrogens (tertiary/aromatic N) is 2. The number of rotatable bonds is 2. The molecule has 0 bridgehead atoms. The molecule has 144 valence electrons. The van der Waals surface area contributed by atoms with Crippen LogP contribution in [0.25, 0.3) is 0 Å². The van der Waals surface area contributed by atoms with Gasteiger partial charge < -0.3 is 4.90 Å². The summed E-state index contributed by atoms with van der Waals surface area (Å²) in [5.74, 6) is 0. The molecule has 3 aromatic rings. The van der Waals surface area contributed by atoms with Gasteiger partial charge in [-0.25, -0.2) is 9.78 Å². The third kappa shape index (κ3) is 3.60. The summed E-state index contributed by atoms with van der Waals surface area (Å²) in [6, 6.07) is 11.9. The summed E-state index contributed by atoms with van der Waals surface area (Å²) in [6.45, 7) is 0.458. The topological polar surface area (TPSA) is 45.2 Å². The second-order valence-electron chi connectivity index (χ2n) is 6.43.